The van der Waals surface area contributed by atoms with Crippen molar-refractivity contribution in [3.05, 3.63) is 47.4 Å². The highest BCUT2D eigenvalue weighted by Gasteiger charge is 2.41. The number of halogens is 4. The van der Waals surface area contributed by atoms with E-state index in [4.69, 9.17) is 21.1 Å². The van der Waals surface area contributed by atoms with E-state index >= 15 is 0 Å². The second-order valence-corrected chi connectivity index (χ2v) is 8.00. The van der Waals surface area contributed by atoms with Gasteiger partial charge in [-0.15, -0.1) is 10.2 Å². The maximum absolute atomic E-state index is 12.7. The fourth-order valence-electron chi connectivity index (χ4n) is 4.03. The fraction of sp³-hybridized carbons (Fsp3) is 0.400. The van der Waals surface area contributed by atoms with E-state index < -0.39 is 18.2 Å². The standard InChI is InChI=1S/C20H18ClF3N4O2/c21-17-13(5-8-28-16(11-20(22,23)24)25-26-18(17)28)27-9-6-19(7-10-27)12-29-14-3-1-2-4-15(14)30-19/h1-5,8H,6-7,9-12H2. The van der Waals surface area contributed by atoms with Crippen LogP contribution in [0.5, 0.6) is 11.5 Å². The number of alkyl halides is 3. The largest absolute Gasteiger partial charge is 0.486 e. The minimum absolute atomic E-state index is 0.185. The van der Waals surface area contributed by atoms with E-state index in [-0.39, 0.29) is 11.5 Å². The van der Waals surface area contributed by atoms with Gasteiger partial charge in [0.2, 0.25) is 0 Å². The Hall–Kier alpha value is -2.68. The molecule has 10 heteroatoms. The van der Waals surface area contributed by atoms with Crippen molar-refractivity contribution in [1.82, 2.24) is 14.6 Å². The lowest BCUT2D eigenvalue weighted by molar-refractivity contribution is -0.128. The maximum atomic E-state index is 12.7. The molecule has 1 saturated heterocycles. The number of nitrogens with zero attached hydrogens (tertiary/aromatic N) is 4. The molecule has 0 saturated carbocycles. The van der Waals surface area contributed by atoms with Crippen molar-refractivity contribution < 1.29 is 22.6 Å². The summed E-state index contributed by atoms with van der Waals surface area (Å²) in [5.41, 5.74) is 0.554. The monoisotopic (exact) mass is 438 g/mol. The van der Waals surface area contributed by atoms with Gasteiger partial charge < -0.3 is 14.4 Å². The molecule has 6 nitrogen and oxygen atoms in total. The minimum Gasteiger partial charge on any atom is -0.486 e. The minimum atomic E-state index is -4.37. The first-order valence-corrected chi connectivity index (χ1v) is 9.96. The van der Waals surface area contributed by atoms with Gasteiger partial charge in [0.1, 0.15) is 29.5 Å². The van der Waals surface area contributed by atoms with Crippen molar-refractivity contribution in [2.75, 3.05) is 24.6 Å². The van der Waals surface area contributed by atoms with Gasteiger partial charge in [-0.05, 0) is 18.2 Å². The Morgan fingerprint density at radius 3 is 2.53 bits per heavy atom. The summed E-state index contributed by atoms with van der Waals surface area (Å²) in [5, 5.41) is 7.84. The van der Waals surface area contributed by atoms with Crippen LogP contribution in [0.4, 0.5) is 18.9 Å². The summed E-state index contributed by atoms with van der Waals surface area (Å²) in [5.74, 6) is 1.31. The molecule has 158 valence electrons. The lowest BCUT2D eigenvalue weighted by Crippen LogP contribution is -2.53. The van der Waals surface area contributed by atoms with Crippen molar-refractivity contribution >= 4 is 22.9 Å². The molecule has 0 radical (unpaired) electrons. The van der Waals surface area contributed by atoms with E-state index in [0.717, 1.165) is 30.0 Å². The number of benzene rings is 1. The maximum Gasteiger partial charge on any atom is 0.396 e. The van der Waals surface area contributed by atoms with Crippen LogP contribution in [0.3, 0.4) is 0 Å². The van der Waals surface area contributed by atoms with Gasteiger partial charge >= 0.3 is 6.18 Å². The van der Waals surface area contributed by atoms with Crippen LogP contribution in [0, 0.1) is 0 Å². The molecular weight excluding hydrogens is 421 g/mol. The SMILES string of the molecule is FC(F)(F)Cc1nnc2c(Cl)c(N3CCC4(CC3)COc3ccccc3O4)ccn12. The number of hydrogen-bond donors (Lipinski definition) is 0. The van der Waals surface area contributed by atoms with Crippen LogP contribution >= 0.6 is 11.6 Å². The quantitative estimate of drug-likeness (QED) is 0.597. The second-order valence-electron chi connectivity index (χ2n) is 7.62. The number of anilines is 1. The molecule has 0 amide bonds. The van der Waals surface area contributed by atoms with Crippen LogP contribution < -0.4 is 14.4 Å². The molecule has 2 aromatic heterocycles. The van der Waals surface area contributed by atoms with Gasteiger partial charge in [-0.1, -0.05) is 23.7 Å². The Labute approximate surface area is 175 Å². The molecule has 30 heavy (non-hydrogen) atoms. The molecule has 5 rings (SSSR count). The van der Waals surface area contributed by atoms with Crippen LogP contribution in [-0.2, 0) is 6.42 Å². The van der Waals surface area contributed by atoms with Crippen molar-refractivity contribution in [3.63, 3.8) is 0 Å². The van der Waals surface area contributed by atoms with E-state index in [1.54, 1.807) is 12.3 Å². The summed E-state index contributed by atoms with van der Waals surface area (Å²) in [6, 6.07) is 9.32. The Kier molecular flexibility index (Phi) is 4.46. The number of para-hydroxylation sites is 2. The van der Waals surface area contributed by atoms with Gasteiger partial charge in [0, 0.05) is 32.1 Å². The highest BCUT2D eigenvalue weighted by atomic mass is 35.5. The van der Waals surface area contributed by atoms with Gasteiger partial charge in [-0.2, -0.15) is 13.2 Å². The van der Waals surface area contributed by atoms with Gasteiger partial charge in [0.05, 0.1) is 5.69 Å². The highest BCUT2D eigenvalue weighted by molar-refractivity contribution is 6.36. The topological polar surface area (TPSA) is 51.9 Å². The van der Waals surface area contributed by atoms with Crippen LogP contribution in [0.1, 0.15) is 18.7 Å². The highest BCUT2D eigenvalue weighted by Crippen LogP contribution is 2.41. The van der Waals surface area contributed by atoms with Crippen LogP contribution in [-0.4, -0.2) is 46.1 Å². The predicted molar refractivity (Wildman–Crippen MR) is 104 cm³/mol. The second kappa shape index (κ2) is 6.94. The molecule has 0 atom stereocenters. The van der Waals surface area contributed by atoms with Crippen LogP contribution in [0.15, 0.2) is 36.5 Å². The molecule has 1 aromatic carbocycles. The molecule has 0 bridgehead atoms. The number of fused-ring (bicyclic) bond motifs is 2. The number of aromatic nitrogens is 3. The molecule has 3 aromatic rings. The van der Waals surface area contributed by atoms with E-state index in [2.05, 4.69) is 15.1 Å². The van der Waals surface area contributed by atoms with Crippen molar-refractivity contribution in [2.24, 2.45) is 0 Å². The number of rotatable bonds is 2. The van der Waals surface area contributed by atoms with Crippen molar-refractivity contribution in [3.8, 4) is 11.5 Å². The lowest BCUT2D eigenvalue weighted by Gasteiger charge is -2.44. The summed E-state index contributed by atoms with van der Waals surface area (Å²) in [6.07, 6.45) is -2.52. The Bertz CT molecular complexity index is 1090. The lowest BCUT2D eigenvalue weighted by atomic mass is 9.90. The number of piperidine rings is 1. The number of ether oxygens (including phenoxy) is 2. The third-order valence-electron chi connectivity index (χ3n) is 5.61. The molecule has 0 N–H and O–H groups in total. The molecule has 4 heterocycles. The molecule has 1 spiro atoms. The first-order valence-electron chi connectivity index (χ1n) is 9.58. The number of pyridine rings is 1. The zero-order valence-corrected chi connectivity index (χ0v) is 16.6. The Morgan fingerprint density at radius 2 is 1.80 bits per heavy atom. The summed E-state index contributed by atoms with van der Waals surface area (Å²) >= 11 is 6.50. The summed E-state index contributed by atoms with van der Waals surface area (Å²) < 4.78 is 51.7. The summed E-state index contributed by atoms with van der Waals surface area (Å²) in [6.45, 7) is 1.82. The van der Waals surface area contributed by atoms with Gasteiger partial charge in [-0.3, -0.25) is 4.40 Å². The molecule has 2 aliphatic heterocycles. The molecule has 2 aliphatic rings. The zero-order chi connectivity index (χ0) is 20.9. The van der Waals surface area contributed by atoms with Crippen molar-refractivity contribution in [2.45, 2.75) is 31.0 Å². The molecule has 0 unspecified atom stereocenters. The van der Waals surface area contributed by atoms with E-state index in [1.807, 2.05) is 24.3 Å². The van der Waals surface area contributed by atoms with Crippen molar-refractivity contribution in [1.29, 1.82) is 0 Å². The van der Waals surface area contributed by atoms with Crippen LogP contribution in [0.2, 0.25) is 5.02 Å². The van der Waals surface area contributed by atoms with E-state index in [9.17, 15) is 13.2 Å². The predicted octanol–water partition coefficient (Wildman–Crippen LogP) is 4.30. The van der Waals surface area contributed by atoms with Gasteiger partial charge in [0.15, 0.2) is 17.1 Å². The summed E-state index contributed by atoms with van der Waals surface area (Å²) in [4.78, 5) is 2.09. The number of hydrogen-bond acceptors (Lipinski definition) is 5. The Balaban J connectivity index is 1.35. The third kappa shape index (κ3) is 3.40. The molecular formula is C20H18ClF3N4O2. The average molecular weight is 439 g/mol. The zero-order valence-electron chi connectivity index (χ0n) is 15.8. The van der Waals surface area contributed by atoms with Gasteiger partial charge in [0.25, 0.3) is 0 Å². The van der Waals surface area contributed by atoms with E-state index in [0.29, 0.717) is 24.7 Å². The fourth-order valence-corrected chi connectivity index (χ4v) is 4.35. The first-order chi connectivity index (χ1) is 14.3. The summed E-state index contributed by atoms with van der Waals surface area (Å²) in [7, 11) is 0. The average Bonchev–Trinajstić information content (AvgIpc) is 3.11. The first kappa shape index (κ1) is 19.3. The van der Waals surface area contributed by atoms with Gasteiger partial charge in [-0.25, -0.2) is 0 Å². The van der Waals surface area contributed by atoms with E-state index in [1.165, 1.54) is 4.40 Å². The third-order valence-corrected chi connectivity index (χ3v) is 5.97. The normalized spacial score (nSPS) is 18.2. The van der Waals surface area contributed by atoms with Crippen LogP contribution in [0.25, 0.3) is 5.65 Å². The molecule has 1 fully saturated rings. The molecule has 0 aliphatic carbocycles. The Morgan fingerprint density at radius 1 is 1.07 bits per heavy atom. The smallest absolute Gasteiger partial charge is 0.396 e.